The summed E-state index contributed by atoms with van der Waals surface area (Å²) in [4.78, 5) is 4.16. The van der Waals surface area contributed by atoms with E-state index in [-0.39, 0.29) is 17.5 Å². The Kier molecular flexibility index (Phi) is 2.68. The Morgan fingerprint density at radius 2 is 2.47 bits per heavy atom. The molecule has 1 aliphatic rings. The smallest absolute Gasteiger partial charge is 0.203 e. The van der Waals surface area contributed by atoms with Crippen molar-refractivity contribution in [2.75, 3.05) is 16.8 Å². The number of nitrogens with one attached hydrogen (secondary N) is 1. The summed E-state index contributed by atoms with van der Waals surface area (Å²) >= 11 is 0. The lowest BCUT2D eigenvalue weighted by atomic mass is 10.3. The Morgan fingerprint density at radius 3 is 3.07 bits per heavy atom. The van der Waals surface area contributed by atoms with Gasteiger partial charge in [0.25, 0.3) is 0 Å². The van der Waals surface area contributed by atoms with Crippen LogP contribution in [0.3, 0.4) is 0 Å². The molecule has 1 unspecified atom stereocenters. The van der Waals surface area contributed by atoms with Crippen LogP contribution >= 0.6 is 0 Å². The van der Waals surface area contributed by atoms with Gasteiger partial charge in [-0.3, -0.25) is 0 Å². The molecule has 5 nitrogen and oxygen atoms in total. The average molecular weight is 229 g/mol. The molecule has 84 valence electrons. The van der Waals surface area contributed by atoms with Gasteiger partial charge in [-0.05, 0) is 13.3 Å². The van der Waals surface area contributed by atoms with Gasteiger partial charge in [-0.25, -0.2) is 13.4 Å². The Labute approximate surface area is 89.4 Å². The minimum absolute atomic E-state index is 0.0164. The van der Waals surface area contributed by atoms with E-state index in [9.17, 15) is 8.42 Å². The third kappa shape index (κ3) is 2.31. The highest BCUT2D eigenvalue weighted by molar-refractivity contribution is 7.91. The maximum absolute atomic E-state index is 11.3. The molecular weight excluding hydrogens is 214 g/mol. The van der Waals surface area contributed by atoms with Crippen LogP contribution in [0.5, 0.6) is 0 Å². The van der Waals surface area contributed by atoms with Crippen LogP contribution in [-0.2, 0) is 16.4 Å². The van der Waals surface area contributed by atoms with Crippen LogP contribution in [-0.4, -0.2) is 35.5 Å². The monoisotopic (exact) mass is 229 g/mol. The van der Waals surface area contributed by atoms with Gasteiger partial charge < -0.3 is 9.88 Å². The number of sulfone groups is 1. The molecule has 15 heavy (non-hydrogen) atoms. The normalized spacial score (nSPS) is 24.2. The van der Waals surface area contributed by atoms with E-state index in [0.29, 0.717) is 6.42 Å². The van der Waals surface area contributed by atoms with Crippen LogP contribution in [0.2, 0.25) is 0 Å². The van der Waals surface area contributed by atoms with Crippen molar-refractivity contribution >= 4 is 15.8 Å². The van der Waals surface area contributed by atoms with Crippen LogP contribution < -0.4 is 5.32 Å². The highest BCUT2D eigenvalue weighted by Crippen LogP contribution is 2.16. The summed E-state index contributed by atoms with van der Waals surface area (Å²) < 4.78 is 24.5. The van der Waals surface area contributed by atoms with E-state index in [2.05, 4.69) is 10.3 Å². The molecule has 0 saturated carbocycles. The highest BCUT2D eigenvalue weighted by atomic mass is 32.2. The molecule has 2 heterocycles. The molecule has 0 aromatic carbocycles. The fraction of sp³-hybridized carbons (Fsp3) is 0.667. The molecule has 2 rings (SSSR count). The Morgan fingerprint density at radius 1 is 1.67 bits per heavy atom. The van der Waals surface area contributed by atoms with Crippen LogP contribution in [0.25, 0.3) is 0 Å². The van der Waals surface area contributed by atoms with Gasteiger partial charge in [0.1, 0.15) is 0 Å². The molecule has 0 spiro atoms. The Bertz CT molecular complexity index is 438. The molecule has 1 aromatic rings. The number of hydrogen-bond acceptors (Lipinski definition) is 4. The third-order valence-electron chi connectivity index (χ3n) is 2.62. The summed E-state index contributed by atoms with van der Waals surface area (Å²) in [5.74, 6) is 1.28. The minimum atomic E-state index is -2.82. The van der Waals surface area contributed by atoms with E-state index in [1.165, 1.54) is 0 Å². The first kappa shape index (κ1) is 10.5. The summed E-state index contributed by atoms with van der Waals surface area (Å²) in [7, 11) is -2.82. The Balaban J connectivity index is 2.04. The molecule has 0 amide bonds. The van der Waals surface area contributed by atoms with Gasteiger partial charge in [0.2, 0.25) is 5.95 Å². The van der Waals surface area contributed by atoms with Crippen LogP contribution in [0.1, 0.15) is 13.3 Å². The number of imidazole rings is 1. The van der Waals surface area contributed by atoms with Crippen molar-refractivity contribution in [3.05, 3.63) is 12.4 Å². The second-order valence-corrected chi connectivity index (χ2v) is 6.01. The molecule has 1 fully saturated rings. The molecule has 0 aliphatic carbocycles. The predicted molar refractivity (Wildman–Crippen MR) is 58.6 cm³/mol. The van der Waals surface area contributed by atoms with E-state index >= 15 is 0 Å². The third-order valence-corrected chi connectivity index (χ3v) is 4.39. The van der Waals surface area contributed by atoms with Crippen LogP contribution in [0, 0.1) is 0 Å². The maximum Gasteiger partial charge on any atom is 0.203 e. The maximum atomic E-state index is 11.3. The first-order chi connectivity index (χ1) is 7.11. The van der Waals surface area contributed by atoms with E-state index in [0.717, 1.165) is 12.5 Å². The van der Waals surface area contributed by atoms with Gasteiger partial charge in [0.15, 0.2) is 9.84 Å². The Hall–Kier alpha value is -1.04. The SMILES string of the molecule is CCn1ccnc1NC1CCS(=O)(=O)C1. The number of aromatic nitrogens is 2. The van der Waals surface area contributed by atoms with Gasteiger partial charge in [0, 0.05) is 25.0 Å². The lowest BCUT2D eigenvalue weighted by Crippen LogP contribution is -2.22. The van der Waals surface area contributed by atoms with Crippen molar-refractivity contribution < 1.29 is 8.42 Å². The molecule has 1 saturated heterocycles. The summed E-state index contributed by atoms with van der Waals surface area (Å²) in [6, 6.07) is 0.0164. The zero-order valence-corrected chi connectivity index (χ0v) is 9.50. The highest BCUT2D eigenvalue weighted by Gasteiger charge is 2.28. The molecule has 1 N–H and O–H groups in total. The quantitative estimate of drug-likeness (QED) is 0.820. The number of aryl methyl sites for hydroxylation is 1. The molecule has 6 heteroatoms. The first-order valence-corrected chi connectivity index (χ1v) is 6.91. The zero-order valence-electron chi connectivity index (χ0n) is 8.68. The van der Waals surface area contributed by atoms with Gasteiger partial charge in [-0.1, -0.05) is 0 Å². The fourth-order valence-corrected chi connectivity index (χ4v) is 3.47. The topological polar surface area (TPSA) is 64.0 Å². The molecule has 0 bridgehead atoms. The fourth-order valence-electron chi connectivity index (χ4n) is 1.80. The number of nitrogens with zero attached hydrogens (tertiary/aromatic N) is 2. The van der Waals surface area contributed by atoms with E-state index in [4.69, 9.17) is 0 Å². The summed E-state index contributed by atoms with van der Waals surface area (Å²) in [5.41, 5.74) is 0. The van der Waals surface area contributed by atoms with Gasteiger partial charge >= 0.3 is 0 Å². The lowest BCUT2D eigenvalue weighted by molar-refractivity contribution is 0.602. The summed E-state index contributed by atoms with van der Waals surface area (Å²) in [6.07, 6.45) is 4.28. The molecular formula is C9H15N3O2S. The number of hydrogen-bond donors (Lipinski definition) is 1. The van der Waals surface area contributed by atoms with Crippen molar-refractivity contribution in [2.45, 2.75) is 25.9 Å². The van der Waals surface area contributed by atoms with Gasteiger partial charge in [-0.15, -0.1) is 0 Å². The van der Waals surface area contributed by atoms with Gasteiger partial charge in [-0.2, -0.15) is 0 Å². The largest absolute Gasteiger partial charge is 0.352 e. The first-order valence-electron chi connectivity index (χ1n) is 5.09. The zero-order chi connectivity index (χ0) is 10.9. The standard InChI is InChI=1S/C9H15N3O2S/c1-2-12-5-4-10-9(12)11-8-3-6-15(13,14)7-8/h4-5,8H,2-3,6-7H2,1H3,(H,10,11). The van der Waals surface area contributed by atoms with Crippen molar-refractivity contribution in [3.8, 4) is 0 Å². The van der Waals surface area contributed by atoms with E-state index < -0.39 is 9.84 Å². The van der Waals surface area contributed by atoms with Crippen molar-refractivity contribution in [1.29, 1.82) is 0 Å². The number of rotatable bonds is 3. The average Bonchev–Trinajstić information content (AvgIpc) is 2.73. The molecule has 1 aliphatic heterocycles. The molecule has 0 radical (unpaired) electrons. The predicted octanol–water partition coefficient (Wildman–Crippen LogP) is 0.502. The second-order valence-electron chi connectivity index (χ2n) is 3.78. The van der Waals surface area contributed by atoms with Crippen molar-refractivity contribution in [3.63, 3.8) is 0 Å². The van der Waals surface area contributed by atoms with Crippen LogP contribution in [0.4, 0.5) is 5.95 Å². The number of anilines is 1. The summed E-state index contributed by atoms with van der Waals surface area (Å²) in [5, 5.41) is 3.17. The second kappa shape index (κ2) is 3.84. The molecule has 1 aromatic heterocycles. The van der Waals surface area contributed by atoms with E-state index in [1.54, 1.807) is 6.20 Å². The molecule has 1 atom stereocenters. The van der Waals surface area contributed by atoms with Crippen LogP contribution in [0.15, 0.2) is 12.4 Å². The minimum Gasteiger partial charge on any atom is -0.352 e. The van der Waals surface area contributed by atoms with Crippen molar-refractivity contribution in [2.24, 2.45) is 0 Å². The summed E-state index contributed by atoms with van der Waals surface area (Å²) in [6.45, 7) is 2.86. The van der Waals surface area contributed by atoms with Gasteiger partial charge in [0.05, 0.1) is 11.5 Å². The van der Waals surface area contributed by atoms with E-state index in [1.807, 2.05) is 17.7 Å². The van der Waals surface area contributed by atoms with Crippen molar-refractivity contribution in [1.82, 2.24) is 9.55 Å². The lowest BCUT2D eigenvalue weighted by Gasteiger charge is -2.12.